The molecule has 0 atom stereocenters. The number of rotatable bonds is 4. The molecule has 1 fully saturated rings. The van der Waals surface area contributed by atoms with Crippen molar-refractivity contribution in [2.75, 3.05) is 5.43 Å². The molecule has 2 aromatic rings. The van der Waals surface area contributed by atoms with Crippen molar-refractivity contribution >= 4 is 23.0 Å². The fourth-order valence-electron chi connectivity index (χ4n) is 2.24. The van der Waals surface area contributed by atoms with Crippen LogP contribution in [-0.2, 0) is 0 Å². The minimum Gasteiger partial charge on any atom is -0.278 e. The van der Waals surface area contributed by atoms with Crippen LogP contribution in [0.3, 0.4) is 0 Å². The lowest BCUT2D eigenvalue weighted by Crippen LogP contribution is -2.07. The Morgan fingerprint density at radius 2 is 1.90 bits per heavy atom. The van der Waals surface area contributed by atoms with E-state index in [9.17, 15) is 4.39 Å². The highest BCUT2D eigenvalue weighted by Gasteiger charge is 2.28. The lowest BCUT2D eigenvalue weighted by molar-refractivity contribution is 0.627. The zero-order valence-corrected chi connectivity index (χ0v) is 12.5. The molecule has 3 rings (SSSR count). The molecule has 0 saturated heterocycles. The number of nitrogens with zero attached hydrogens (tertiary/aromatic N) is 1. The Balaban J connectivity index is 1.85. The molecule has 108 valence electrons. The number of halogens is 2. The second-order valence-electron chi connectivity index (χ2n) is 5.35. The molecule has 2 nitrogen and oxygen atoms in total. The van der Waals surface area contributed by atoms with Gasteiger partial charge in [0.2, 0.25) is 0 Å². The second-order valence-corrected chi connectivity index (χ2v) is 5.79. The molecule has 0 aromatic heterocycles. The summed E-state index contributed by atoms with van der Waals surface area (Å²) in [5.74, 6) is 0.242. The van der Waals surface area contributed by atoms with Gasteiger partial charge in [-0.25, -0.2) is 4.39 Å². The maximum absolute atomic E-state index is 13.0. The van der Waals surface area contributed by atoms with Crippen LogP contribution in [0.15, 0.2) is 47.6 Å². The van der Waals surface area contributed by atoms with Crippen LogP contribution in [0.5, 0.6) is 0 Å². The highest BCUT2D eigenvalue weighted by molar-refractivity contribution is 6.30. The van der Waals surface area contributed by atoms with Gasteiger partial charge in [-0.05, 0) is 61.2 Å². The Morgan fingerprint density at radius 1 is 1.19 bits per heavy atom. The topological polar surface area (TPSA) is 24.4 Å². The number of aryl methyl sites for hydroxylation is 1. The fraction of sp³-hybridized carbons (Fsp3) is 0.235. The summed E-state index contributed by atoms with van der Waals surface area (Å²) in [6, 6.07) is 12.2. The van der Waals surface area contributed by atoms with E-state index in [1.807, 2.05) is 25.1 Å². The van der Waals surface area contributed by atoms with Crippen molar-refractivity contribution in [1.29, 1.82) is 0 Å². The first-order chi connectivity index (χ1) is 10.1. The zero-order valence-electron chi connectivity index (χ0n) is 11.7. The summed E-state index contributed by atoms with van der Waals surface area (Å²) in [5, 5.41) is 5.26. The Hall–Kier alpha value is -1.87. The summed E-state index contributed by atoms with van der Waals surface area (Å²) >= 11 is 5.95. The molecule has 1 saturated carbocycles. The summed E-state index contributed by atoms with van der Waals surface area (Å²) in [4.78, 5) is 0. The predicted octanol–water partition coefficient (Wildman–Crippen LogP) is 5.01. The molecule has 0 amide bonds. The maximum atomic E-state index is 13.0. The molecular formula is C17H16ClFN2. The van der Waals surface area contributed by atoms with Crippen molar-refractivity contribution in [3.63, 3.8) is 0 Å². The third-order valence-corrected chi connectivity index (χ3v) is 3.82. The van der Waals surface area contributed by atoms with Crippen molar-refractivity contribution in [2.24, 2.45) is 11.0 Å². The summed E-state index contributed by atoms with van der Waals surface area (Å²) in [5.41, 5.74) is 7.04. The standard InChI is InChI=1S/C17H16ClFN2/c1-11-10-14(18)6-9-16(11)20-21-17(12-2-3-12)13-4-7-15(19)8-5-13/h4-10,12,20H,2-3H2,1H3/b21-17+. The van der Waals surface area contributed by atoms with E-state index in [1.54, 1.807) is 12.1 Å². The Bertz CT molecular complexity index is 676. The molecule has 2 aromatic carbocycles. The highest BCUT2D eigenvalue weighted by atomic mass is 35.5. The normalized spacial score (nSPS) is 15.1. The van der Waals surface area contributed by atoms with Gasteiger partial charge in [-0.2, -0.15) is 5.10 Å². The van der Waals surface area contributed by atoms with Crippen molar-refractivity contribution in [2.45, 2.75) is 19.8 Å². The number of anilines is 1. The van der Waals surface area contributed by atoms with Crippen LogP contribution in [-0.4, -0.2) is 5.71 Å². The molecule has 4 heteroatoms. The number of benzene rings is 2. The number of hydrogen-bond acceptors (Lipinski definition) is 2. The minimum absolute atomic E-state index is 0.226. The van der Waals surface area contributed by atoms with E-state index in [0.29, 0.717) is 10.9 Å². The molecule has 1 N–H and O–H groups in total. The molecule has 0 aliphatic heterocycles. The molecule has 1 aliphatic rings. The maximum Gasteiger partial charge on any atom is 0.123 e. The largest absolute Gasteiger partial charge is 0.278 e. The second kappa shape index (κ2) is 5.86. The lowest BCUT2D eigenvalue weighted by Gasteiger charge is -2.09. The molecule has 1 aliphatic carbocycles. The van der Waals surface area contributed by atoms with Gasteiger partial charge in [0, 0.05) is 10.9 Å². The third kappa shape index (κ3) is 3.42. The van der Waals surface area contributed by atoms with E-state index in [-0.39, 0.29) is 5.82 Å². The molecule has 0 radical (unpaired) electrons. The number of hydrogen-bond donors (Lipinski definition) is 1. The van der Waals surface area contributed by atoms with E-state index in [0.717, 1.165) is 35.4 Å². The molecular weight excluding hydrogens is 287 g/mol. The van der Waals surface area contributed by atoms with E-state index in [1.165, 1.54) is 12.1 Å². The van der Waals surface area contributed by atoms with Crippen LogP contribution < -0.4 is 5.43 Å². The van der Waals surface area contributed by atoms with Gasteiger partial charge in [-0.3, -0.25) is 5.43 Å². The molecule has 0 unspecified atom stereocenters. The monoisotopic (exact) mass is 302 g/mol. The van der Waals surface area contributed by atoms with E-state index >= 15 is 0 Å². The van der Waals surface area contributed by atoms with E-state index in [2.05, 4.69) is 10.5 Å². The van der Waals surface area contributed by atoms with Crippen molar-refractivity contribution in [1.82, 2.24) is 0 Å². The minimum atomic E-state index is -0.226. The van der Waals surface area contributed by atoms with Crippen LogP contribution in [0.2, 0.25) is 5.02 Å². The van der Waals surface area contributed by atoms with Crippen LogP contribution in [0.4, 0.5) is 10.1 Å². The highest BCUT2D eigenvalue weighted by Crippen LogP contribution is 2.33. The summed E-state index contributed by atoms with van der Waals surface area (Å²) < 4.78 is 13.0. The molecule has 0 bridgehead atoms. The Kier molecular flexibility index (Phi) is 3.93. The first kappa shape index (κ1) is 14.1. The SMILES string of the molecule is Cc1cc(Cl)ccc1N/N=C(/c1ccc(F)cc1)C1CC1. The zero-order chi connectivity index (χ0) is 14.8. The lowest BCUT2D eigenvalue weighted by atomic mass is 10.1. The summed E-state index contributed by atoms with van der Waals surface area (Å²) in [7, 11) is 0. The summed E-state index contributed by atoms with van der Waals surface area (Å²) in [6.07, 6.45) is 2.27. The first-order valence-corrected chi connectivity index (χ1v) is 7.37. The van der Waals surface area contributed by atoms with Crippen LogP contribution in [0.1, 0.15) is 24.0 Å². The van der Waals surface area contributed by atoms with Gasteiger partial charge in [0.05, 0.1) is 11.4 Å². The Morgan fingerprint density at radius 3 is 2.52 bits per heavy atom. The quantitative estimate of drug-likeness (QED) is 0.623. The van der Waals surface area contributed by atoms with Gasteiger partial charge in [0.1, 0.15) is 5.82 Å². The molecule has 21 heavy (non-hydrogen) atoms. The average Bonchev–Trinajstić information content (AvgIpc) is 3.28. The smallest absolute Gasteiger partial charge is 0.123 e. The van der Waals surface area contributed by atoms with Crippen LogP contribution in [0, 0.1) is 18.7 Å². The number of nitrogens with one attached hydrogen (secondary N) is 1. The molecule has 0 heterocycles. The predicted molar refractivity (Wildman–Crippen MR) is 85.5 cm³/mol. The van der Waals surface area contributed by atoms with E-state index < -0.39 is 0 Å². The van der Waals surface area contributed by atoms with Crippen molar-refractivity contribution in [3.8, 4) is 0 Å². The van der Waals surface area contributed by atoms with Crippen molar-refractivity contribution < 1.29 is 4.39 Å². The van der Waals surface area contributed by atoms with Gasteiger partial charge in [-0.1, -0.05) is 23.7 Å². The van der Waals surface area contributed by atoms with Gasteiger partial charge >= 0.3 is 0 Å². The first-order valence-electron chi connectivity index (χ1n) is 6.99. The van der Waals surface area contributed by atoms with Crippen LogP contribution >= 0.6 is 11.6 Å². The van der Waals surface area contributed by atoms with Gasteiger partial charge in [0.15, 0.2) is 0 Å². The summed E-state index contributed by atoms with van der Waals surface area (Å²) in [6.45, 7) is 1.98. The van der Waals surface area contributed by atoms with Gasteiger partial charge in [-0.15, -0.1) is 0 Å². The average molecular weight is 303 g/mol. The van der Waals surface area contributed by atoms with Crippen molar-refractivity contribution in [3.05, 3.63) is 64.4 Å². The molecule has 0 spiro atoms. The number of hydrazone groups is 1. The van der Waals surface area contributed by atoms with Gasteiger partial charge < -0.3 is 0 Å². The van der Waals surface area contributed by atoms with Gasteiger partial charge in [0.25, 0.3) is 0 Å². The fourth-order valence-corrected chi connectivity index (χ4v) is 2.47. The van der Waals surface area contributed by atoms with Crippen LogP contribution in [0.25, 0.3) is 0 Å². The Labute approximate surface area is 128 Å². The van der Waals surface area contributed by atoms with E-state index in [4.69, 9.17) is 11.6 Å². The third-order valence-electron chi connectivity index (χ3n) is 3.59.